The molecule has 8 heteroatoms. The van der Waals surface area contributed by atoms with Crippen molar-refractivity contribution in [2.75, 3.05) is 24.7 Å². The van der Waals surface area contributed by atoms with E-state index in [0.717, 1.165) is 11.9 Å². The molecular weight excluding hydrogens is 342 g/mol. The highest BCUT2D eigenvalue weighted by Gasteiger charge is 2.17. The predicted octanol–water partition coefficient (Wildman–Crippen LogP) is 1.37. The van der Waals surface area contributed by atoms with Crippen molar-refractivity contribution in [3.05, 3.63) is 29.8 Å². The molecule has 7 nitrogen and oxygen atoms in total. The van der Waals surface area contributed by atoms with Gasteiger partial charge in [-0.15, -0.1) is 0 Å². The molecule has 1 aromatic carbocycles. The van der Waals surface area contributed by atoms with Crippen molar-refractivity contribution in [3.8, 4) is 0 Å². The molecule has 0 bridgehead atoms. The highest BCUT2D eigenvalue weighted by Crippen LogP contribution is 2.28. The lowest BCUT2D eigenvalue weighted by Crippen LogP contribution is -2.32. The molecule has 0 saturated carbocycles. The third kappa shape index (κ3) is 8.53. The van der Waals surface area contributed by atoms with Gasteiger partial charge in [-0.2, -0.15) is 0 Å². The second-order valence-corrected chi connectivity index (χ2v) is 8.62. The second-order valence-electron chi connectivity index (χ2n) is 6.87. The summed E-state index contributed by atoms with van der Waals surface area (Å²) in [5.74, 6) is -0.982. The number of rotatable bonds is 8. The summed E-state index contributed by atoms with van der Waals surface area (Å²) in [6, 6.07) is 8.02. The molecular formula is C17H27N3O4S. The first-order valence-corrected chi connectivity index (χ1v) is 9.99. The van der Waals surface area contributed by atoms with Gasteiger partial charge in [0.2, 0.25) is 21.8 Å². The Balaban J connectivity index is 2.35. The van der Waals surface area contributed by atoms with Gasteiger partial charge in [0, 0.05) is 31.6 Å². The summed E-state index contributed by atoms with van der Waals surface area (Å²) in [6.45, 7) is 7.36. The number of carbonyl (C=O) groups is 2. The Labute approximate surface area is 149 Å². The van der Waals surface area contributed by atoms with Crippen molar-refractivity contribution in [2.45, 2.75) is 39.0 Å². The molecule has 0 radical (unpaired) electrons. The Bertz CT molecular complexity index is 709. The monoisotopic (exact) mass is 369 g/mol. The number of benzene rings is 1. The van der Waals surface area contributed by atoms with Crippen LogP contribution in [0.5, 0.6) is 0 Å². The minimum absolute atomic E-state index is 0.0137. The van der Waals surface area contributed by atoms with Gasteiger partial charge in [-0.3, -0.25) is 14.3 Å². The Morgan fingerprint density at radius 2 is 1.60 bits per heavy atom. The lowest BCUT2D eigenvalue weighted by Gasteiger charge is -2.23. The number of para-hydroxylation sites is 1. The number of carbonyl (C=O) groups excluding carboxylic acids is 2. The summed E-state index contributed by atoms with van der Waals surface area (Å²) < 4.78 is 23.6. The molecule has 1 rings (SSSR count). The van der Waals surface area contributed by atoms with Crippen LogP contribution in [0.15, 0.2) is 24.3 Å². The number of amides is 2. The SMILES string of the molecule is CC(C)(C)c1ccccc1NCCNC(=O)CCC(=O)NS(C)(=O)=O. The fraction of sp³-hybridized carbons (Fsp3) is 0.529. The first kappa shape index (κ1) is 21.0. The largest absolute Gasteiger partial charge is 0.383 e. The quantitative estimate of drug-likeness (QED) is 0.600. The van der Waals surface area contributed by atoms with Gasteiger partial charge in [0.1, 0.15) is 0 Å². The molecule has 25 heavy (non-hydrogen) atoms. The molecule has 0 fully saturated rings. The number of hydrogen-bond donors (Lipinski definition) is 3. The van der Waals surface area contributed by atoms with Crippen LogP contribution in [0.25, 0.3) is 0 Å². The lowest BCUT2D eigenvalue weighted by molar-refractivity contribution is -0.125. The zero-order valence-electron chi connectivity index (χ0n) is 15.2. The topological polar surface area (TPSA) is 104 Å². The van der Waals surface area contributed by atoms with Crippen LogP contribution in [0.4, 0.5) is 5.69 Å². The fourth-order valence-corrected chi connectivity index (χ4v) is 2.78. The van der Waals surface area contributed by atoms with Gasteiger partial charge in [-0.05, 0) is 17.0 Å². The van der Waals surface area contributed by atoms with Gasteiger partial charge in [-0.1, -0.05) is 39.0 Å². The Hall–Kier alpha value is -2.09. The summed E-state index contributed by atoms with van der Waals surface area (Å²) in [5, 5.41) is 6.00. The van der Waals surface area contributed by atoms with Gasteiger partial charge in [0.05, 0.1) is 6.26 Å². The van der Waals surface area contributed by atoms with E-state index in [9.17, 15) is 18.0 Å². The molecule has 0 atom stereocenters. The van der Waals surface area contributed by atoms with Crippen molar-refractivity contribution >= 4 is 27.5 Å². The number of anilines is 1. The van der Waals surface area contributed by atoms with Gasteiger partial charge < -0.3 is 10.6 Å². The van der Waals surface area contributed by atoms with Crippen molar-refractivity contribution < 1.29 is 18.0 Å². The third-order valence-corrected chi connectivity index (χ3v) is 3.97. The third-order valence-electron chi connectivity index (χ3n) is 3.38. The molecule has 0 heterocycles. The van der Waals surface area contributed by atoms with Crippen LogP contribution in [-0.2, 0) is 25.0 Å². The minimum Gasteiger partial charge on any atom is -0.383 e. The Morgan fingerprint density at radius 3 is 2.20 bits per heavy atom. The van der Waals surface area contributed by atoms with E-state index in [2.05, 4.69) is 37.5 Å². The molecule has 0 aliphatic heterocycles. The standard InChI is InChI=1S/C17H27N3O4S/c1-17(2,3)13-7-5-6-8-14(13)18-11-12-19-15(21)9-10-16(22)20-25(4,23)24/h5-8,18H,9-12H2,1-4H3,(H,19,21)(H,20,22). The highest BCUT2D eigenvalue weighted by molar-refractivity contribution is 7.89. The van der Waals surface area contributed by atoms with Crippen LogP contribution in [0.2, 0.25) is 0 Å². The van der Waals surface area contributed by atoms with Crippen molar-refractivity contribution in [1.29, 1.82) is 0 Å². The normalized spacial score (nSPS) is 11.7. The van der Waals surface area contributed by atoms with Crippen LogP contribution in [-0.4, -0.2) is 39.6 Å². The lowest BCUT2D eigenvalue weighted by atomic mass is 9.86. The molecule has 3 N–H and O–H groups in total. The molecule has 0 aromatic heterocycles. The van der Waals surface area contributed by atoms with Gasteiger partial charge >= 0.3 is 0 Å². The van der Waals surface area contributed by atoms with E-state index in [1.54, 1.807) is 0 Å². The van der Waals surface area contributed by atoms with Gasteiger partial charge in [-0.25, -0.2) is 8.42 Å². The molecule has 0 aliphatic rings. The summed E-state index contributed by atoms with van der Waals surface area (Å²) in [4.78, 5) is 23.0. The second kappa shape index (κ2) is 8.84. The molecule has 0 saturated heterocycles. The number of nitrogens with one attached hydrogen (secondary N) is 3. The van der Waals surface area contributed by atoms with E-state index in [0.29, 0.717) is 13.1 Å². The average Bonchev–Trinajstić information content (AvgIpc) is 2.47. The van der Waals surface area contributed by atoms with Crippen molar-refractivity contribution in [1.82, 2.24) is 10.0 Å². The summed E-state index contributed by atoms with van der Waals surface area (Å²) >= 11 is 0. The molecule has 0 aliphatic carbocycles. The Morgan fingerprint density at radius 1 is 1.00 bits per heavy atom. The smallest absolute Gasteiger partial charge is 0.233 e. The summed E-state index contributed by atoms with van der Waals surface area (Å²) in [7, 11) is -3.58. The van der Waals surface area contributed by atoms with E-state index in [-0.39, 0.29) is 24.2 Å². The average molecular weight is 369 g/mol. The fourth-order valence-electron chi connectivity index (χ4n) is 2.26. The summed E-state index contributed by atoms with van der Waals surface area (Å²) in [6.07, 6.45) is 0.672. The number of hydrogen-bond acceptors (Lipinski definition) is 5. The van der Waals surface area contributed by atoms with E-state index in [1.807, 2.05) is 22.9 Å². The van der Waals surface area contributed by atoms with Crippen LogP contribution in [0, 0.1) is 0 Å². The van der Waals surface area contributed by atoms with E-state index < -0.39 is 15.9 Å². The maximum Gasteiger partial charge on any atom is 0.233 e. The first-order chi connectivity index (χ1) is 11.5. The van der Waals surface area contributed by atoms with Crippen molar-refractivity contribution in [3.63, 3.8) is 0 Å². The van der Waals surface area contributed by atoms with E-state index >= 15 is 0 Å². The van der Waals surface area contributed by atoms with Crippen LogP contribution >= 0.6 is 0 Å². The van der Waals surface area contributed by atoms with Crippen molar-refractivity contribution in [2.24, 2.45) is 0 Å². The maximum atomic E-state index is 11.7. The van der Waals surface area contributed by atoms with Crippen LogP contribution in [0.1, 0.15) is 39.2 Å². The first-order valence-electron chi connectivity index (χ1n) is 8.10. The molecule has 140 valence electrons. The predicted molar refractivity (Wildman–Crippen MR) is 98.9 cm³/mol. The minimum atomic E-state index is -3.58. The zero-order chi connectivity index (χ0) is 19.1. The zero-order valence-corrected chi connectivity index (χ0v) is 16.0. The van der Waals surface area contributed by atoms with Gasteiger partial charge in [0.25, 0.3) is 0 Å². The van der Waals surface area contributed by atoms with Crippen LogP contribution in [0.3, 0.4) is 0 Å². The van der Waals surface area contributed by atoms with E-state index in [1.165, 1.54) is 5.56 Å². The van der Waals surface area contributed by atoms with Crippen LogP contribution < -0.4 is 15.4 Å². The summed E-state index contributed by atoms with van der Waals surface area (Å²) in [5.41, 5.74) is 2.23. The molecule has 1 aromatic rings. The molecule has 2 amide bonds. The van der Waals surface area contributed by atoms with E-state index in [4.69, 9.17) is 0 Å². The van der Waals surface area contributed by atoms with Gasteiger partial charge in [0.15, 0.2) is 0 Å². The highest BCUT2D eigenvalue weighted by atomic mass is 32.2. The number of sulfonamides is 1. The Kier molecular flexibility index (Phi) is 7.41. The molecule has 0 spiro atoms. The maximum absolute atomic E-state index is 11.7. The molecule has 0 unspecified atom stereocenters.